The van der Waals surface area contributed by atoms with Gasteiger partial charge in [0.15, 0.2) is 11.5 Å². The molecule has 2 aromatic rings. The van der Waals surface area contributed by atoms with Crippen molar-refractivity contribution >= 4 is 17.2 Å². The Balaban J connectivity index is 1.86. The van der Waals surface area contributed by atoms with Gasteiger partial charge in [-0.25, -0.2) is 4.98 Å². The van der Waals surface area contributed by atoms with Crippen molar-refractivity contribution in [3.05, 3.63) is 46.1 Å². The lowest BCUT2D eigenvalue weighted by Crippen LogP contribution is -1.97. The summed E-state index contributed by atoms with van der Waals surface area (Å²) in [7, 11) is 0. The van der Waals surface area contributed by atoms with Crippen LogP contribution in [0.2, 0.25) is 0 Å². The summed E-state index contributed by atoms with van der Waals surface area (Å²) in [5, 5.41) is 13.7. The molecule has 102 valence electrons. The average molecular weight is 273 g/mol. The molecule has 7 nitrogen and oxygen atoms in total. The molecule has 20 heavy (non-hydrogen) atoms. The minimum atomic E-state index is -0.484. The highest BCUT2D eigenvalue weighted by Gasteiger charge is 2.16. The maximum atomic E-state index is 10.6. The molecular formula is C13H11N3O4. The van der Waals surface area contributed by atoms with Crippen molar-refractivity contribution < 1.29 is 14.4 Å². The number of hydrogen-bond donors (Lipinski definition) is 1. The van der Waals surface area contributed by atoms with E-state index in [1.807, 2.05) is 19.1 Å². The molecular weight excluding hydrogens is 262 g/mol. The fourth-order valence-electron chi connectivity index (χ4n) is 1.88. The van der Waals surface area contributed by atoms with Gasteiger partial charge in [0, 0.05) is 17.8 Å². The predicted molar refractivity (Wildman–Crippen MR) is 71.5 cm³/mol. The summed E-state index contributed by atoms with van der Waals surface area (Å²) in [6.07, 6.45) is 1.21. The first-order valence-electron chi connectivity index (χ1n) is 5.91. The number of aryl methyl sites for hydroxylation is 1. The van der Waals surface area contributed by atoms with Gasteiger partial charge in [-0.15, -0.1) is 0 Å². The highest BCUT2D eigenvalue weighted by Crippen LogP contribution is 2.37. The highest BCUT2D eigenvalue weighted by molar-refractivity contribution is 5.66. The fourth-order valence-corrected chi connectivity index (χ4v) is 1.88. The van der Waals surface area contributed by atoms with Gasteiger partial charge in [-0.3, -0.25) is 10.1 Å². The van der Waals surface area contributed by atoms with Crippen molar-refractivity contribution in [1.29, 1.82) is 0 Å². The minimum absolute atomic E-state index is 0.0436. The summed E-state index contributed by atoms with van der Waals surface area (Å²) in [6.45, 7) is 2.14. The molecule has 0 fully saturated rings. The van der Waals surface area contributed by atoms with Crippen LogP contribution in [0.3, 0.4) is 0 Å². The number of rotatable bonds is 3. The predicted octanol–water partition coefficient (Wildman–Crippen LogP) is 2.77. The molecule has 1 aliphatic heterocycles. The second-order valence-corrected chi connectivity index (χ2v) is 4.30. The molecule has 1 aromatic heterocycles. The smallest absolute Gasteiger partial charge is 0.287 e. The van der Waals surface area contributed by atoms with Crippen molar-refractivity contribution in [2.24, 2.45) is 0 Å². The lowest BCUT2D eigenvalue weighted by atomic mass is 10.1. The first kappa shape index (κ1) is 12.2. The van der Waals surface area contributed by atoms with Gasteiger partial charge in [0.25, 0.3) is 5.69 Å². The molecule has 0 unspecified atom stereocenters. The molecule has 1 aromatic carbocycles. The summed E-state index contributed by atoms with van der Waals surface area (Å²) in [5.41, 5.74) is 1.74. The van der Waals surface area contributed by atoms with E-state index in [4.69, 9.17) is 9.47 Å². The van der Waals surface area contributed by atoms with Crippen LogP contribution < -0.4 is 14.8 Å². The first-order valence-corrected chi connectivity index (χ1v) is 5.91. The number of nitro groups is 1. The summed E-state index contributed by atoms with van der Waals surface area (Å²) >= 11 is 0. The van der Waals surface area contributed by atoms with E-state index < -0.39 is 4.92 Å². The largest absolute Gasteiger partial charge is 0.454 e. The van der Waals surface area contributed by atoms with Crippen LogP contribution in [-0.2, 0) is 0 Å². The Morgan fingerprint density at radius 3 is 2.70 bits per heavy atom. The van der Waals surface area contributed by atoms with Crippen molar-refractivity contribution in [2.45, 2.75) is 6.92 Å². The van der Waals surface area contributed by atoms with Gasteiger partial charge < -0.3 is 14.8 Å². The molecule has 0 aliphatic carbocycles. The Morgan fingerprint density at radius 1 is 1.30 bits per heavy atom. The molecule has 0 saturated carbocycles. The lowest BCUT2D eigenvalue weighted by Gasteiger charge is -2.09. The second-order valence-electron chi connectivity index (χ2n) is 4.30. The molecule has 2 heterocycles. The maximum absolute atomic E-state index is 10.6. The van der Waals surface area contributed by atoms with E-state index in [1.54, 1.807) is 6.07 Å². The molecule has 0 bridgehead atoms. The Labute approximate surface area is 114 Å². The van der Waals surface area contributed by atoms with E-state index in [2.05, 4.69) is 10.3 Å². The van der Waals surface area contributed by atoms with Crippen LogP contribution in [0.4, 0.5) is 17.2 Å². The zero-order valence-electron chi connectivity index (χ0n) is 10.6. The topological polar surface area (TPSA) is 86.5 Å². The van der Waals surface area contributed by atoms with Gasteiger partial charge in [0.05, 0.1) is 4.92 Å². The first-order chi connectivity index (χ1) is 9.63. The molecule has 0 spiro atoms. The van der Waals surface area contributed by atoms with E-state index in [0.29, 0.717) is 17.3 Å². The Bertz CT molecular complexity index is 670. The number of pyridine rings is 1. The van der Waals surface area contributed by atoms with E-state index in [9.17, 15) is 10.1 Å². The molecule has 0 radical (unpaired) electrons. The Kier molecular flexibility index (Phi) is 2.86. The number of hydrogen-bond acceptors (Lipinski definition) is 6. The standard InChI is InChI=1S/C13H11N3O4/c1-8-4-11-12(20-7-19-11)5-10(8)15-13-3-2-9(6-14-13)16(17)18/h2-6H,7H2,1H3,(H,14,15). The zero-order valence-corrected chi connectivity index (χ0v) is 10.6. The Morgan fingerprint density at radius 2 is 2.05 bits per heavy atom. The normalized spacial score (nSPS) is 12.2. The number of benzene rings is 1. The maximum Gasteiger partial charge on any atom is 0.287 e. The number of fused-ring (bicyclic) bond motifs is 1. The van der Waals surface area contributed by atoms with Crippen LogP contribution in [0.5, 0.6) is 11.5 Å². The van der Waals surface area contributed by atoms with Gasteiger partial charge >= 0.3 is 0 Å². The van der Waals surface area contributed by atoms with Crippen molar-refractivity contribution in [3.63, 3.8) is 0 Å². The number of nitrogens with zero attached hydrogens (tertiary/aromatic N) is 2. The van der Waals surface area contributed by atoms with E-state index in [-0.39, 0.29) is 12.5 Å². The van der Waals surface area contributed by atoms with Crippen molar-refractivity contribution in [3.8, 4) is 11.5 Å². The molecule has 0 saturated heterocycles. The van der Waals surface area contributed by atoms with Crippen LogP contribution in [0.25, 0.3) is 0 Å². The monoisotopic (exact) mass is 273 g/mol. The SMILES string of the molecule is Cc1cc2c(cc1Nc1ccc([N+](=O)[O-])cn1)OCO2. The van der Waals surface area contributed by atoms with Crippen LogP contribution in [0.15, 0.2) is 30.5 Å². The quantitative estimate of drug-likeness (QED) is 0.683. The number of anilines is 2. The third-order valence-electron chi connectivity index (χ3n) is 2.94. The van der Waals surface area contributed by atoms with Crippen molar-refractivity contribution in [2.75, 3.05) is 12.1 Å². The van der Waals surface area contributed by atoms with Gasteiger partial charge in [0.2, 0.25) is 6.79 Å². The van der Waals surface area contributed by atoms with E-state index in [1.165, 1.54) is 12.3 Å². The molecule has 7 heteroatoms. The lowest BCUT2D eigenvalue weighted by molar-refractivity contribution is -0.385. The van der Waals surface area contributed by atoms with Gasteiger partial charge in [0.1, 0.15) is 12.0 Å². The Hall–Kier alpha value is -2.83. The fraction of sp³-hybridized carbons (Fsp3) is 0.154. The van der Waals surface area contributed by atoms with Crippen LogP contribution in [-0.4, -0.2) is 16.7 Å². The molecule has 0 amide bonds. The van der Waals surface area contributed by atoms with Gasteiger partial charge in [-0.05, 0) is 24.6 Å². The summed E-state index contributed by atoms with van der Waals surface area (Å²) in [6, 6.07) is 6.65. The number of ether oxygens (including phenoxy) is 2. The van der Waals surface area contributed by atoms with Crippen LogP contribution in [0, 0.1) is 17.0 Å². The average Bonchev–Trinajstić information content (AvgIpc) is 2.87. The molecule has 1 N–H and O–H groups in total. The van der Waals surface area contributed by atoms with Gasteiger partial charge in [-0.1, -0.05) is 0 Å². The van der Waals surface area contributed by atoms with Crippen LogP contribution >= 0.6 is 0 Å². The van der Waals surface area contributed by atoms with E-state index in [0.717, 1.165) is 11.3 Å². The summed E-state index contributed by atoms with van der Waals surface area (Å²) in [5.74, 6) is 1.90. The summed E-state index contributed by atoms with van der Waals surface area (Å²) < 4.78 is 10.6. The highest BCUT2D eigenvalue weighted by atomic mass is 16.7. The van der Waals surface area contributed by atoms with Gasteiger partial charge in [-0.2, -0.15) is 0 Å². The van der Waals surface area contributed by atoms with E-state index >= 15 is 0 Å². The zero-order chi connectivity index (χ0) is 14.1. The number of nitrogens with one attached hydrogen (secondary N) is 1. The third kappa shape index (κ3) is 2.20. The van der Waals surface area contributed by atoms with Crippen LogP contribution in [0.1, 0.15) is 5.56 Å². The second kappa shape index (κ2) is 4.69. The number of aromatic nitrogens is 1. The summed E-state index contributed by atoms with van der Waals surface area (Å²) in [4.78, 5) is 14.1. The minimum Gasteiger partial charge on any atom is -0.454 e. The molecule has 3 rings (SSSR count). The van der Waals surface area contributed by atoms with Crippen molar-refractivity contribution in [1.82, 2.24) is 4.98 Å². The third-order valence-corrected chi connectivity index (χ3v) is 2.94. The molecule has 0 atom stereocenters. The molecule has 1 aliphatic rings.